The molecule has 0 saturated carbocycles. The summed E-state index contributed by atoms with van der Waals surface area (Å²) in [7, 11) is 0. The quantitative estimate of drug-likeness (QED) is 0.447. The van der Waals surface area contributed by atoms with Crippen LogP contribution in [0, 0.1) is 11.3 Å². The number of hydrazone groups is 1. The van der Waals surface area contributed by atoms with E-state index in [0.717, 1.165) is 5.01 Å². The second-order valence-electron chi connectivity index (χ2n) is 4.98. The van der Waals surface area contributed by atoms with E-state index in [1.807, 2.05) is 20.8 Å². The Hall–Kier alpha value is -1.04. The first-order chi connectivity index (χ1) is 7.67. The molecule has 0 aliphatic rings. The van der Waals surface area contributed by atoms with Crippen molar-refractivity contribution < 1.29 is 14.7 Å². The number of thiol groups is 1. The number of rotatable bonds is 5. The van der Waals surface area contributed by atoms with Crippen LogP contribution in [0.15, 0.2) is 5.10 Å². The van der Waals surface area contributed by atoms with Crippen LogP contribution < -0.4 is 0 Å². The molecule has 1 atom stereocenters. The predicted molar refractivity (Wildman–Crippen MR) is 70.3 cm³/mol. The normalized spacial score (nSPS) is 13.7. The van der Waals surface area contributed by atoms with Crippen LogP contribution in [-0.2, 0) is 9.59 Å². The molecule has 0 fully saturated rings. The average Bonchev–Trinajstić information content (AvgIpc) is 2.20. The van der Waals surface area contributed by atoms with E-state index in [1.165, 1.54) is 0 Å². The SMILES string of the molecule is CC(CS)C(=O)N(CC(=O)O)/N=C/C(C)(C)C. The second kappa shape index (κ2) is 6.64. The van der Waals surface area contributed by atoms with E-state index < -0.39 is 12.5 Å². The molecule has 0 aromatic carbocycles. The van der Waals surface area contributed by atoms with Gasteiger partial charge in [-0.05, 0) is 5.41 Å². The van der Waals surface area contributed by atoms with Crippen molar-refractivity contribution in [2.24, 2.45) is 16.4 Å². The monoisotopic (exact) mass is 260 g/mol. The zero-order valence-electron chi connectivity index (χ0n) is 10.7. The highest BCUT2D eigenvalue weighted by Gasteiger charge is 2.21. The summed E-state index contributed by atoms with van der Waals surface area (Å²) >= 11 is 4.02. The Morgan fingerprint density at radius 2 is 2.00 bits per heavy atom. The van der Waals surface area contributed by atoms with Gasteiger partial charge in [0.2, 0.25) is 5.91 Å². The largest absolute Gasteiger partial charge is 0.480 e. The molecule has 17 heavy (non-hydrogen) atoms. The first-order valence-corrected chi connectivity index (χ1v) is 6.00. The van der Waals surface area contributed by atoms with Crippen molar-refractivity contribution in [3.05, 3.63) is 0 Å². The number of amides is 1. The summed E-state index contributed by atoms with van der Waals surface area (Å²) in [6.07, 6.45) is 1.57. The van der Waals surface area contributed by atoms with Gasteiger partial charge < -0.3 is 5.11 Å². The highest BCUT2D eigenvalue weighted by atomic mass is 32.1. The lowest BCUT2D eigenvalue weighted by atomic mass is 9.99. The summed E-state index contributed by atoms with van der Waals surface area (Å²) in [6.45, 7) is 7.02. The molecule has 0 bridgehead atoms. The van der Waals surface area contributed by atoms with Crippen LogP contribution in [0.1, 0.15) is 27.7 Å². The summed E-state index contributed by atoms with van der Waals surface area (Å²) in [6, 6.07) is 0. The molecular weight excluding hydrogens is 240 g/mol. The van der Waals surface area contributed by atoms with Crippen molar-refractivity contribution in [3.63, 3.8) is 0 Å². The molecule has 0 aliphatic heterocycles. The fourth-order valence-electron chi connectivity index (χ4n) is 0.879. The van der Waals surface area contributed by atoms with Gasteiger partial charge >= 0.3 is 5.97 Å². The van der Waals surface area contributed by atoms with Crippen molar-refractivity contribution in [1.29, 1.82) is 0 Å². The van der Waals surface area contributed by atoms with Crippen molar-refractivity contribution >= 4 is 30.7 Å². The van der Waals surface area contributed by atoms with E-state index in [0.29, 0.717) is 5.75 Å². The van der Waals surface area contributed by atoms with Crippen LogP contribution in [0.25, 0.3) is 0 Å². The molecule has 1 N–H and O–H groups in total. The maximum atomic E-state index is 11.8. The minimum atomic E-state index is -1.09. The first-order valence-electron chi connectivity index (χ1n) is 5.36. The highest BCUT2D eigenvalue weighted by molar-refractivity contribution is 7.80. The van der Waals surface area contributed by atoms with Gasteiger partial charge in [0.1, 0.15) is 6.54 Å². The Balaban J connectivity index is 4.82. The molecule has 0 saturated heterocycles. The van der Waals surface area contributed by atoms with Crippen LogP contribution >= 0.6 is 12.6 Å². The molecule has 0 aromatic heterocycles. The van der Waals surface area contributed by atoms with E-state index in [-0.39, 0.29) is 17.2 Å². The number of carboxylic acids is 1. The zero-order valence-corrected chi connectivity index (χ0v) is 11.6. The fourth-order valence-corrected chi connectivity index (χ4v) is 1.04. The lowest BCUT2D eigenvalue weighted by Crippen LogP contribution is -2.36. The Morgan fingerprint density at radius 1 is 1.47 bits per heavy atom. The van der Waals surface area contributed by atoms with Crippen molar-refractivity contribution in [2.45, 2.75) is 27.7 Å². The molecule has 1 unspecified atom stereocenters. The molecule has 5 nitrogen and oxygen atoms in total. The van der Waals surface area contributed by atoms with Gasteiger partial charge in [-0.3, -0.25) is 9.59 Å². The maximum Gasteiger partial charge on any atom is 0.325 e. The Kier molecular flexibility index (Phi) is 6.23. The Labute approximate surface area is 107 Å². The summed E-state index contributed by atoms with van der Waals surface area (Å²) in [5.74, 6) is -1.41. The Bertz CT molecular complexity index is 310. The number of aliphatic carboxylic acids is 1. The van der Waals surface area contributed by atoms with E-state index >= 15 is 0 Å². The van der Waals surface area contributed by atoms with Crippen molar-refractivity contribution in [2.75, 3.05) is 12.3 Å². The highest BCUT2D eigenvalue weighted by Crippen LogP contribution is 2.11. The topological polar surface area (TPSA) is 70.0 Å². The number of carbonyl (C=O) groups excluding carboxylic acids is 1. The number of hydrogen-bond donors (Lipinski definition) is 2. The summed E-state index contributed by atoms with van der Waals surface area (Å²) < 4.78 is 0. The standard InChI is InChI=1S/C11H20N2O3S/c1-8(6-17)10(16)13(5-9(14)15)12-7-11(2,3)4/h7-8,17H,5-6H2,1-4H3,(H,14,15)/b12-7+. The third kappa shape index (κ3) is 6.99. The van der Waals surface area contributed by atoms with Gasteiger partial charge in [0, 0.05) is 17.9 Å². The molecule has 0 radical (unpaired) electrons. The Morgan fingerprint density at radius 3 is 2.35 bits per heavy atom. The first kappa shape index (κ1) is 16.0. The number of hydrogen-bond acceptors (Lipinski definition) is 4. The summed E-state index contributed by atoms with van der Waals surface area (Å²) in [5.41, 5.74) is -0.207. The predicted octanol–water partition coefficient (Wildman–Crippen LogP) is 1.50. The van der Waals surface area contributed by atoms with Crippen LogP contribution in [0.3, 0.4) is 0 Å². The molecule has 6 heteroatoms. The van der Waals surface area contributed by atoms with Gasteiger partial charge in [0.15, 0.2) is 0 Å². The fraction of sp³-hybridized carbons (Fsp3) is 0.727. The molecular formula is C11H20N2O3S. The van der Waals surface area contributed by atoms with Crippen LogP contribution in [0.2, 0.25) is 0 Å². The number of nitrogens with zero attached hydrogens (tertiary/aromatic N) is 2. The van der Waals surface area contributed by atoms with Gasteiger partial charge in [-0.1, -0.05) is 27.7 Å². The van der Waals surface area contributed by atoms with E-state index in [4.69, 9.17) is 5.11 Å². The third-order valence-electron chi connectivity index (χ3n) is 1.82. The molecule has 98 valence electrons. The maximum absolute atomic E-state index is 11.8. The molecule has 0 spiro atoms. The third-order valence-corrected chi connectivity index (χ3v) is 2.37. The van der Waals surface area contributed by atoms with Crippen LogP contribution in [0.5, 0.6) is 0 Å². The minimum absolute atomic E-state index is 0.207. The van der Waals surface area contributed by atoms with Crippen molar-refractivity contribution in [3.8, 4) is 0 Å². The van der Waals surface area contributed by atoms with Gasteiger partial charge in [-0.15, -0.1) is 0 Å². The molecule has 0 aliphatic carbocycles. The minimum Gasteiger partial charge on any atom is -0.480 e. The summed E-state index contributed by atoms with van der Waals surface area (Å²) in [5, 5.41) is 13.7. The van der Waals surface area contributed by atoms with Gasteiger partial charge in [0.25, 0.3) is 0 Å². The van der Waals surface area contributed by atoms with E-state index in [2.05, 4.69) is 17.7 Å². The zero-order chi connectivity index (χ0) is 13.6. The molecule has 0 aromatic rings. The van der Waals surface area contributed by atoms with Gasteiger partial charge in [0.05, 0.1) is 0 Å². The average molecular weight is 260 g/mol. The molecule has 1 amide bonds. The van der Waals surface area contributed by atoms with E-state index in [1.54, 1.807) is 13.1 Å². The lowest BCUT2D eigenvalue weighted by molar-refractivity contribution is -0.145. The molecule has 0 heterocycles. The lowest BCUT2D eigenvalue weighted by Gasteiger charge is -2.20. The molecule has 0 rings (SSSR count). The van der Waals surface area contributed by atoms with Gasteiger partial charge in [-0.25, -0.2) is 5.01 Å². The smallest absolute Gasteiger partial charge is 0.325 e. The van der Waals surface area contributed by atoms with E-state index in [9.17, 15) is 9.59 Å². The van der Waals surface area contributed by atoms with Crippen molar-refractivity contribution in [1.82, 2.24) is 5.01 Å². The summed E-state index contributed by atoms with van der Waals surface area (Å²) in [4.78, 5) is 22.5. The number of carboxylic acid groups (broad SMARTS) is 1. The van der Waals surface area contributed by atoms with Crippen LogP contribution in [0.4, 0.5) is 0 Å². The van der Waals surface area contributed by atoms with Gasteiger partial charge in [-0.2, -0.15) is 17.7 Å². The second-order valence-corrected chi connectivity index (χ2v) is 5.35. The number of carbonyl (C=O) groups is 2. The van der Waals surface area contributed by atoms with Crippen LogP contribution in [-0.4, -0.2) is 40.5 Å².